The fraction of sp³-hybridized carbons (Fsp3) is 0.0909. The van der Waals surface area contributed by atoms with E-state index in [1.807, 2.05) is 24.4 Å². The highest BCUT2D eigenvalue weighted by Crippen LogP contribution is 2.34. The topological polar surface area (TPSA) is 62.8 Å². The summed E-state index contributed by atoms with van der Waals surface area (Å²) in [5.74, 6) is -0.0219. The standard InChI is InChI=1S/C11H10ClN3S2/c1-6-5-16-11(15-6)17-8-4-2-3-7(12)9(8)10(13)14/h2-5H,1H3,(H3,13,14). The lowest BCUT2D eigenvalue weighted by Gasteiger charge is -2.07. The fourth-order valence-corrected chi connectivity index (χ4v) is 3.63. The summed E-state index contributed by atoms with van der Waals surface area (Å²) in [5, 5.41) is 10.0. The van der Waals surface area contributed by atoms with Crippen LogP contribution in [0, 0.1) is 12.3 Å². The van der Waals surface area contributed by atoms with Crippen molar-refractivity contribution in [3.8, 4) is 0 Å². The zero-order valence-electron chi connectivity index (χ0n) is 9.03. The summed E-state index contributed by atoms with van der Waals surface area (Å²) < 4.78 is 0.923. The molecule has 1 aromatic heterocycles. The second-order valence-electron chi connectivity index (χ2n) is 3.38. The molecule has 0 radical (unpaired) electrons. The van der Waals surface area contributed by atoms with Gasteiger partial charge < -0.3 is 5.73 Å². The normalized spacial score (nSPS) is 10.5. The summed E-state index contributed by atoms with van der Waals surface area (Å²) in [4.78, 5) is 5.22. The van der Waals surface area contributed by atoms with E-state index < -0.39 is 0 Å². The van der Waals surface area contributed by atoms with E-state index in [2.05, 4.69) is 4.98 Å². The predicted octanol–water partition coefficient (Wildman–Crippen LogP) is 3.54. The number of nitrogens with zero attached hydrogens (tertiary/aromatic N) is 1. The van der Waals surface area contributed by atoms with Crippen LogP contribution in [0.4, 0.5) is 0 Å². The van der Waals surface area contributed by atoms with E-state index in [9.17, 15) is 0 Å². The zero-order valence-corrected chi connectivity index (χ0v) is 11.4. The van der Waals surface area contributed by atoms with E-state index in [1.54, 1.807) is 17.4 Å². The minimum Gasteiger partial charge on any atom is -0.384 e. The lowest BCUT2D eigenvalue weighted by molar-refractivity contribution is 1.16. The number of benzene rings is 1. The Morgan fingerprint density at radius 1 is 1.53 bits per heavy atom. The molecule has 0 fully saturated rings. The Morgan fingerprint density at radius 2 is 2.29 bits per heavy atom. The van der Waals surface area contributed by atoms with Gasteiger partial charge in [0.1, 0.15) is 5.84 Å². The van der Waals surface area contributed by atoms with Crippen molar-refractivity contribution in [1.29, 1.82) is 5.41 Å². The van der Waals surface area contributed by atoms with Crippen LogP contribution in [0.3, 0.4) is 0 Å². The molecule has 0 atom stereocenters. The summed E-state index contributed by atoms with van der Waals surface area (Å²) in [7, 11) is 0. The molecule has 0 spiro atoms. The van der Waals surface area contributed by atoms with Crippen LogP contribution in [0.25, 0.3) is 0 Å². The second kappa shape index (κ2) is 5.08. The SMILES string of the molecule is Cc1csc(Sc2cccc(Cl)c2C(=N)N)n1. The molecule has 2 aromatic rings. The molecule has 0 unspecified atom stereocenters. The van der Waals surface area contributed by atoms with E-state index in [-0.39, 0.29) is 5.84 Å². The summed E-state index contributed by atoms with van der Waals surface area (Å²) in [6.07, 6.45) is 0. The van der Waals surface area contributed by atoms with Gasteiger partial charge in [0.15, 0.2) is 4.34 Å². The quantitative estimate of drug-likeness (QED) is 0.669. The van der Waals surface area contributed by atoms with Gasteiger partial charge in [0, 0.05) is 21.5 Å². The van der Waals surface area contributed by atoms with E-state index in [0.717, 1.165) is 14.9 Å². The molecular formula is C11H10ClN3S2. The summed E-state index contributed by atoms with van der Waals surface area (Å²) in [5.41, 5.74) is 7.11. The average molecular weight is 284 g/mol. The second-order valence-corrected chi connectivity index (χ2v) is 5.94. The maximum Gasteiger partial charge on any atom is 0.154 e. The van der Waals surface area contributed by atoms with Crippen molar-refractivity contribution in [2.75, 3.05) is 0 Å². The summed E-state index contributed by atoms with van der Waals surface area (Å²) in [6, 6.07) is 5.47. The van der Waals surface area contributed by atoms with Crippen LogP contribution >= 0.6 is 34.7 Å². The Bertz CT molecular complexity index is 566. The van der Waals surface area contributed by atoms with Gasteiger partial charge in [-0.3, -0.25) is 5.41 Å². The molecule has 3 nitrogen and oxygen atoms in total. The number of halogens is 1. The minimum absolute atomic E-state index is 0.0219. The first-order chi connectivity index (χ1) is 8.08. The smallest absolute Gasteiger partial charge is 0.154 e. The molecule has 0 aliphatic rings. The molecule has 0 amide bonds. The third kappa shape index (κ3) is 2.80. The summed E-state index contributed by atoms with van der Waals surface area (Å²) in [6.45, 7) is 1.95. The van der Waals surface area contributed by atoms with Crippen LogP contribution in [-0.4, -0.2) is 10.8 Å². The van der Waals surface area contributed by atoms with Crippen LogP contribution < -0.4 is 5.73 Å². The molecule has 0 aliphatic carbocycles. The molecule has 0 saturated heterocycles. The molecule has 88 valence electrons. The van der Waals surface area contributed by atoms with E-state index >= 15 is 0 Å². The first-order valence-corrected chi connectivity index (χ1v) is 6.88. The number of aromatic nitrogens is 1. The minimum atomic E-state index is -0.0219. The van der Waals surface area contributed by atoms with Crippen molar-refractivity contribution in [2.24, 2.45) is 5.73 Å². The number of nitrogens with one attached hydrogen (secondary N) is 1. The van der Waals surface area contributed by atoms with Crippen LogP contribution in [0.1, 0.15) is 11.3 Å². The Morgan fingerprint density at radius 3 is 2.88 bits per heavy atom. The van der Waals surface area contributed by atoms with Crippen molar-refractivity contribution in [3.05, 3.63) is 39.9 Å². The van der Waals surface area contributed by atoms with Crippen LogP contribution in [-0.2, 0) is 0 Å². The highest BCUT2D eigenvalue weighted by atomic mass is 35.5. The molecule has 6 heteroatoms. The maximum atomic E-state index is 7.55. The number of aryl methyl sites for hydroxylation is 1. The Labute approximate surface area is 113 Å². The molecule has 17 heavy (non-hydrogen) atoms. The van der Waals surface area contributed by atoms with E-state index in [0.29, 0.717) is 10.6 Å². The Balaban J connectivity index is 2.39. The third-order valence-corrected chi connectivity index (χ3v) is 4.47. The van der Waals surface area contributed by atoms with Gasteiger partial charge in [0.25, 0.3) is 0 Å². The zero-order chi connectivity index (χ0) is 12.4. The van der Waals surface area contributed by atoms with E-state index in [1.165, 1.54) is 11.8 Å². The van der Waals surface area contributed by atoms with Gasteiger partial charge in [0.2, 0.25) is 0 Å². The molecule has 2 rings (SSSR count). The predicted molar refractivity (Wildman–Crippen MR) is 73.4 cm³/mol. The van der Waals surface area contributed by atoms with Crippen LogP contribution in [0.5, 0.6) is 0 Å². The van der Waals surface area contributed by atoms with Crippen molar-refractivity contribution in [2.45, 2.75) is 16.2 Å². The van der Waals surface area contributed by atoms with Gasteiger partial charge in [-0.15, -0.1) is 11.3 Å². The highest BCUT2D eigenvalue weighted by Gasteiger charge is 2.12. The number of rotatable bonds is 3. The highest BCUT2D eigenvalue weighted by molar-refractivity contribution is 8.01. The maximum absolute atomic E-state index is 7.55. The van der Waals surface area contributed by atoms with Crippen LogP contribution in [0.15, 0.2) is 32.8 Å². The number of nitrogens with two attached hydrogens (primary N) is 1. The number of thiazole rings is 1. The number of hydrogen-bond donors (Lipinski definition) is 2. The number of hydrogen-bond acceptors (Lipinski definition) is 4. The van der Waals surface area contributed by atoms with Gasteiger partial charge in [-0.25, -0.2) is 4.98 Å². The fourth-order valence-electron chi connectivity index (χ4n) is 1.32. The van der Waals surface area contributed by atoms with Crippen molar-refractivity contribution < 1.29 is 0 Å². The first-order valence-electron chi connectivity index (χ1n) is 4.81. The van der Waals surface area contributed by atoms with Gasteiger partial charge in [0.05, 0.1) is 5.02 Å². The van der Waals surface area contributed by atoms with Crippen molar-refractivity contribution in [1.82, 2.24) is 4.98 Å². The van der Waals surface area contributed by atoms with Gasteiger partial charge in [-0.05, 0) is 19.1 Å². The lowest BCUT2D eigenvalue weighted by Crippen LogP contribution is -2.12. The van der Waals surface area contributed by atoms with Crippen LogP contribution in [0.2, 0.25) is 5.02 Å². The molecule has 1 heterocycles. The van der Waals surface area contributed by atoms with Gasteiger partial charge in [-0.1, -0.05) is 29.4 Å². The van der Waals surface area contributed by atoms with Gasteiger partial charge >= 0.3 is 0 Å². The van der Waals surface area contributed by atoms with E-state index in [4.69, 9.17) is 22.7 Å². The summed E-state index contributed by atoms with van der Waals surface area (Å²) >= 11 is 9.09. The Hall–Kier alpha value is -1.04. The molecule has 0 saturated carbocycles. The molecule has 0 bridgehead atoms. The monoisotopic (exact) mass is 283 g/mol. The van der Waals surface area contributed by atoms with Gasteiger partial charge in [-0.2, -0.15) is 0 Å². The number of amidine groups is 1. The molecule has 1 aromatic carbocycles. The first kappa shape index (κ1) is 12.4. The molecule has 3 N–H and O–H groups in total. The molecule has 0 aliphatic heterocycles. The molecular weight excluding hydrogens is 274 g/mol. The number of nitrogen functional groups attached to an aromatic ring is 1. The van der Waals surface area contributed by atoms with Crippen molar-refractivity contribution >= 4 is 40.5 Å². The van der Waals surface area contributed by atoms with Crippen molar-refractivity contribution in [3.63, 3.8) is 0 Å². The average Bonchev–Trinajstić information content (AvgIpc) is 2.63. The third-order valence-electron chi connectivity index (χ3n) is 2.04. The largest absolute Gasteiger partial charge is 0.384 e. The Kier molecular flexibility index (Phi) is 3.71. The lowest BCUT2D eigenvalue weighted by atomic mass is 10.2.